The zero-order valence-electron chi connectivity index (χ0n) is 44.5. The lowest BCUT2D eigenvalue weighted by Crippen LogP contribution is -2.59. The quantitative estimate of drug-likeness (QED) is 0.0242. The Balaban J connectivity index is 1.03. The first-order chi connectivity index (χ1) is 34.7. The average Bonchev–Trinajstić information content (AvgIpc) is 3.80. The molecule has 1 aliphatic heterocycles. The van der Waals surface area contributed by atoms with Crippen LogP contribution in [0.5, 0.6) is 0 Å². The molecule has 2 heterocycles. The second-order valence-electron chi connectivity index (χ2n) is 21.0. The molecule has 2 fully saturated rings. The number of aromatic nitrogens is 3. The Hall–Kier alpha value is -2.30. The van der Waals surface area contributed by atoms with E-state index in [0.717, 1.165) is 37.9 Å². The zero-order valence-corrected chi connectivity index (χ0v) is 44.5. The van der Waals surface area contributed by atoms with Crippen molar-refractivity contribution in [2.24, 2.45) is 5.92 Å². The van der Waals surface area contributed by atoms with E-state index in [-0.39, 0.29) is 12.5 Å². The minimum atomic E-state index is -1.67. The van der Waals surface area contributed by atoms with Gasteiger partial charge in [-0.05, 0) is 109 Å². The third-order valence-corrected chi connectivity index (χ3v) is 14.4. The van der Waals surface area contributed by atoms with Crippen molar-refractivity contribution in [2.75, 3.05) is 26.8 Å². The van der Waals surface area contributed by atoms with Gasteiger partial charge in [0.15, 0.2) is 6.29 Å². The number of hydrogen-bond donors (Lipinski definition) is 7. The standard InChI is InChI=1S/C58H104N4O9/c1-61(46-50-47-62(60-59-50)45-49-43-51(64)54(65)52(44-49)70-48-53-55(66)56(67)57(68)58(69)71-53)41-39-37-35-33-31-29-27-25-23-21-19-17-15-13-11-9-7-5-3-2-4-6-8-10-12-14-16-18-20-22-24-26-28-30-32-34-36-38-40-42-63/h3,5,9,11,18,20,24,26,47,49,51-58,63-69H,2,4,6-8,10,12-17,19,21-23,25,27-46,48H2,1H3/b5-3-,11-9-,20-18-,26-24-. The number of nitrogens with zero attached hydrogens (tertiary/aromatic N) is 4. The summed E-state index contributed by atoms with van der Waals surface area (Å²) in [5, 5.41) is 78.4. The topological polar surface area (TPSA) is 194 Å². The van der Waals surface area contributed by atoms with Gasteiger partial charge in [-0.1, -0.05) is 176 Å². The number of aliphatic hydroxyl groups excluding tert-OH is 7. The van der Waals surface area contributed by atoms with E-state index in [4.69, 9.17) is 14.6 Å². The highest BCUT2D eigenvalue weighted by Crippen LogP contribution is 2.30. The predicted octanol–water partition coefficient (Wildman–Crippen LogP) is 10.3. The van der Waals surface area contributed by atoms with Crippen LogP contribution in [0, 0.1) is 5.92 Å². The van der Waals surface area contributed by atoms with Gasteiger partial charge in [0.1, 0.15) is 30.5 Å². The molecular weight excluding hydrogens is 897 g/mol. The molecule has 9 atom stereocenters. The molecule has 71 heavy (non-hydrogen) atoms. The lowest BCUT2D eigenvalue weighted by molar-refractivity contribution is -0.292. The highest BCUT2D eigenvalue weighted by Gasteiger charge is 2.44. The third-order valence-electron chi connectivity index (χ3n) is 14.4. The van der Waals surface area contributed by atoms with Gasteiger partial charge in [-0.15, -0.1) is 5.10 Å². The molecule has 1 aromatic heterocycles. The minimum Gasteiger partial charge on any atom is -0.396 e. The smallest absolute Gasteiger partial charge is 0.184 e. The van der Waals surface area contributed by atoms with Gasteiger partial charge in [-0.3, -0.25) is 4.68 Å². The normalized spacial score (nSPS) is 24.3. The van der Waals surface area contributed by atoms with Gasteiger partial charge in [-0.2, -0.15) is 0 Å². The summed E-state index contributed by atoms with van der Waals surface area (Å²) in [4.78, 5) is 2.28. The van der Waals surface area contributed by atoms with Crippen molar-refractivity contribution in [2.45, 2.75) is 274 Å². The van der Waals surface area contributed by atoms with E-state index in [1.807, 2.05) is 6.20 Å². The van der Waals surface area contributed by atoms with Gasteiger partial charge in [-0.25, -0.2) is 0 Å². The number of hydrogen-bond acceptors (Lipinski definition) is 12. The van der Waals surface area contributed by atoms with Crippen LogP contribution in [0.3, 0.4) is 0 Å². The van der Waals surface area contributed by atoms with Crippen molar-refractivity contribution in [1.82, 2.24) is 19.9 Å². The Bertz CT molecular complexity index is 1510. The second kappa shape index (κ2) is 42.0. The number of rotatable bonds is 44. The van der Waals surface area contributed by atoms with Gasteiger partial charge < -0.3 is 50.1 Å². The Kier molecular flexibility index (Phi) is 37.2. The van der Waals surface area contributed by atoms with E-state index in [9.17, 15) is 30.6 Å². The number of allylic oxidation sites excluding steroid dienone is 8. The van der Waals surface area contributed by atoms with Gasteiger partial charge >= 0.3 is 0 Å². The van der Waals surface area contributed by atoms with Crippen LogP contribution in [-0.4, -0.2) is 131 Å². The summed E-state index contributed by atoms with van der Waals surface area (Å²) in [7, 11) is 2.11. The molecule has 2 aliphatic rings. The molecule has 1 saturated carbocycles. The van der Waals surface area contributed by atoms with Gasteiger partial charge in [0.25, 0.3) is 0 Å². The molecule has 0 aromatic carbocycles. The van der Waals surface area contributed by atoms with Crippen molar-refractivity contribution >= 4 is 0 Å². The van der Waals surface area contributed by atoms with E-state index in [1.165, 1.54) is 173 Å². The lowest BCUT2D eigenvalue weighted by Gasteiger charge is -2.40. The predicted molar refractivity (Wildman–Crippen MR) is 287 cm³/mol. The summed E-state index contributed by atoms with van der Waals surface area (Å²) in [6, 6.07) is 0. The molecule has 0 radical (unpaired) electrons. The SMILES string of the molecule is CN(CCCCCCCCCCCCCCC/C=C\C/C=C\CCCCCCCC/C=C\C/C=C\CCCCCCCCO)Cc1cn(CC2CC(O)C(O)C(OCC3OC(O)C(O)C(O)C3O)C2)nn1. The Morgan fingerprint density at radius 1 is 0.563 bits per heavy atom. The number of aliphatic hydroxyl groups is 7. The van der Waals surface area contributed by atoms with Gasteiger partial charge in [0, 0.05) is 25.9 Å². The summed E-state index contributed by atoms with van der Waals surface area (Å²) in [6.45, 7) is 2.32. The second-order valence-corrected chi connectivity index (χ2v) is 21.0. The molecule has 1 aliphatic carbocycles. The van der Waals surface area contributed by atoms with Crippen LogP contribution < -0.4 is 0 Å². The molecule has 9 unspecified atom stereocenters. The van der Waals surface area contributed by atoms with E-state index < -0.39 is 49.0 Å². The van der Waals surface area contributed by atoms with Crippen LogP contribution in [-0.2, 0) is 22.6 Å². The average molecular weight is 1000 g/mol. The first kappa shape index (κ1) is 63.0. The zero-order chi connectivity index (χ0) is 51.0. The fourth-order valence-corrected chi connectivity index (χ4v) is 9.93. The Morgan fingerprint density at radius 2 is 1.01 bits per heavy atom. The van der Waals surface area contributed by atoms with Crippen LogP contribution in [0.4, 0.5) is 0 Å². The van der Waals surface area contributed by atoms with Crippen LogP contribution in [0.2, 0.25) is 0 Å². The molecular formula is C58H104N4O9. The highest BCUT2D eigenvalue weighted by molar-refractivity contribution is 4.96. The third kappa shape index (κ3) is 30.6. The molecule has 1 saturated heterocycles. The van der Waals surface area contributed by atoms with Crippen LogP contribution in [0.15, 0.2) is 54.8 Å². The van der Waals surface area contributed by atoms with Crippen molar-refractivity contribution in [3.63, 3.8) is 0 Å². The summed E-state index contributed by atoms with van der Waals surface area (Å²) in [5.41, 5.74) is 0.882. The van der Waals surface area contributed by atoms with Crippen molar-refractivity contribution in [3.05, 3.63) is 60.5 Å². The van der Waals surface area contributed by atoms with Gasteiger partial charge in [0.2, 0.25) is 0 Å². The van der Waals surface area contributed by atoms with Crippen LogP contribution in [0.25, 0.3) is 0 Å². The van der Waals surface area contributed by atoms with Crippen LogP contribution >= 0.6 is 0 Å². The molecule has 0 amide bonds. The molecule has 7 N–H and O–H groups in total. The fraction of sp³-hybridized carbons (Fsp3) is 0.828. The van der Waals surface area contributed by atoms with E-state index in [2.05, 4.69) is 70.9 Å². The monoisotopic (exact) mass is 1000 g/mol. The molecule has 0 bridgehead atoms. The highest BCUT2D eigenvalue weighted by atomic mass is 16.6. The van der Waals surface area contributed by atoms with Crippen LogP contribution in [0.1, 0.15) is 218 Å². The maximum Gasteiger partial charge on any atom is 0.184 e. The summed E-state index contributed by atoms with van der Waals surface area (Å²) < 4.78 is 12.8. The van der Waals surface area contributed by atoms with Gasteiger partial charge in [0.05, 0.1) is 24.5 Å². The molecule has 1 aromatic rings. The maximum atomic E-state index is 10.6. The summed E-state index contributed by atoms with van der Waals surface area (Å²) in [6.07, 6.45) is 51.0. The lowest BCUT2D eigenvalue weighted by atomic mass is 9.83. The largest absolute Gasteiger partial charge is 0.396 e. The summed E-state index contributed by atoms with van der Waals surface area (Å²) >= 11 is 0. The van der Waals surface area contributed by atoms with E-state index in [1.54, 1.807) is 4.68 Å². The molecule has 13 heteroatoms. The Morgan fingerprint density at radius 3 is 1.49 bits per heavy atom. The molecule has 13 nitrogen and oxygen atoms in total. The number of unbranched alkanes of at least 4 members (excludes halogenated alkanes) is 26. The fourth-order valence-electron chi connectivity index (χ4n) is 9.93. The van der Waals surface area contributed by atoms with Crippen molar-refractivity contribution in [3.8, 4) is 0 Å². The summed E-state index contributed by atoms with van der Waals surface area (Å²) in [5.74, 6) is -0.0450. The maximum absolute atomic E-state index is 10.6. The molecule has 410 valence electrons. The first-order valence-electron chi connectivity index (χ1n) is 28.8. The van der Waals surface area contributed by atoms with E-state index >= 15 is 0 Å². The Labute approximate surface area is 430 Å². The van der Waals surface area contributed by atoms with Crippen molar-refractivity contribution < 1.29 is 45.2 Å². The minimum absolute atomic E-state index is 0.0450. The number of ether oxygens (including phenoxy) is 2. The first-order valence-corrected chi connectivity index (χ1v) is 28.8. The van der Waals surface area contributed by atoms with Crippen molar-refractivity contribution in [1.29, 1.82) is 0 Å². The van der Waals surface area contributed by atoms with E-state index in [0.29, 0.717) is 32.5 Å². The molecule has 0 spiro atoms. The molecule has 3 rings (SSSR count).